The molecule has 7 nitrogen and oxygen atoms in total. The Morgan fingerprint density at radius 3 is 2.44 bits per heavy atom. The third kappa shape index (κ3) is 3.50. The van der Waals surface area contributed by atoms with Gasteiger partial charge < -0.3 is 9.80 Å². The Kier molecular flexibility index (Phi) is 4.77. The lowest BCUT2D eigenvalue weighted by molar-refractivity contribution is 0.0739. The highest BCUT2D eigenvalue weighted by Gasteiger charge is 2.26. The number of nitrogens with zero attached hydrogens (tertiary/aromatic N) is 6. The van der Waals surface area contributed by atoms with Gasteiger partial charge >= 0.3 is 0 Å². The third-order valence-corrected chi connectivity index (χ3v) is 4.96. The molecule has 27 heavy (non-hydrogen) atoms. The number of halogens is 1. The minimum Gasteiger partial charge on any atom is -0.353 e. The van der Waals surface area contributed by atoms with Gasteiger partial charge in [0.15, 0.2) is 5.69 Å². The number of carbonyl (C=O) groups excluding carboxylic acids is 1. The molecule has 3 heterocycles. The molecule has 1 amide bonds. The lowest BCUT2D eigenvalue weighted by Crippen LogP contribution is -2.49. The smallest absolute Gasteiger partial charge is 0.276 e. The summed E-state index contributed by atoms with van der Waals surface area (Å²) in [6, 6.07) is 13.1. The summed E-state index contributed by atoms with van der Waals surface area (Å²) in [5, 5.41) is 8.93. The van der Waals surface area contributed by atoms with Crippen molar-refractivity contribution in [2.45, 2.75) is 6.92 Å². The first-order valence-electron chi connectivity index (χ1n) is 8.77. The summed E-state index contributed by atoms with van der Waals surface area (Å²) in [6.07, 6.45) is 1.78. The lowest BCUT2D eigenvalue weighted by Gasteiger charge is -2.35. The Labute approximate surface area is 162 Å². The molecule has 0 aliphatic carbocycles. The van der Waals surface area contributed by atoms with Gasteiger partial charge in [-0.15, -0.1) is 5.10 Å². The third-order valence-electron chi connectivity index (χ3n) is 4.71. The van der Waals surface area contributed by atoms with Crippen molar-refractivity contribution in [3.63, 3.8) is 0 Å². The molecule has 0 spiro atoms. The summed E-state index contributed by atoms with van der Waals surface area (Å²) in [5.41, 5.74) is 1.93. The molecule has 1 fully saturated rings. The van der Waals surface area contributed by atoms with Crippen LogP contribution in [0.1, 0.15) is 16.2 Å². The molecular formula is C19H19ClN6O. The van der Waals surface area contributed by atoms with Gasteiger partial charge in [-0.3, -0.25) is 4.79 Å². The number of amides is 1. The van der Waals surface area contributed by atoms with Crippen LogP contribution in [0.2, 0.25) is 5.02 Å². The number of carbonyl (C=O) groups is 1. The van der Waals surface area contributed by atoms with E-state index in [9.17, 15) is 4.79 Å². The van der Waals surface area contributed by atoms with Crippen molar-refractivity contribution < 1.29 is 4.79 Å². The fraction of sp³-hybridized carbons (Fsp3) is 0.263. The number of anilines is 1. The number of piperazine rings is 1. The largest absolute Gasteiger partial charge is 0.353 e. The Bertz CT molecular complexity index is 933. The van der Waals surface area contributed by atoms with Gasteiger partial charge in [-0.25, -0.2) is 9.67 Å². The molecular weight excluding hydrogens is 364 g/mol. The Balaban J connectivity index is 1.47. The molecule has 0 atom stereocenters. The molecule has 0 saturated carbocycles. The second-order valence-corrected chi connectivity index (χ2v) is 6.82. The predicted molar refractivity (Wildman–Crippen MR) is 103 cm³/mol. The van der Waals surface area contributed by atoms with Crippen molar-refractivity contribution in [3.8, 4) is 5.69 Å². The summed E-state index contributed by atoms with van der Waals surface area (Å²) >= 11 is 5.94. The number of hydrogen-bond donors (Lipinski definition) is 0. The summed E-state index contributed by atoms with van der Waals surface area (Å²) in [6.45, 7) is 4.59. The molecule has 0 radical (unpaired) electrons. The van der Waals surface area contributed by atoms with Crippen LogP contribution >= 0.6 is 11.6 Å². The zero-order valence-corrected chi connectivity index (χ0v) is 15.7. The summed E-state index contributed by atoms with van der Waals surface area (Å²) < 4.78 is 1.66. The van der Waals surface area contributed by atoms with Gasteiger partial charge in [-0.05, 0) is 43.3 Å². The van der Waals surface area contributed by atoms with Crippen molar-refractivity contribution >= 4 is 23.3 Å². The van der Waals surface area contributed by atoms with Gasteiger partial charge in [0.2, 0.25) is 0 Å². The van der Waals surface area contributed by atoms with E-state index < -0.39 is 0 Å². The zero-order chi connectivity index (χ0) is 18.8. The molecule has 8 heteroatoms. The molecule has 1 saturated heterocycles. The monoisotopic (exact) mass is 382 g/mol. The summed E-state index contributed by atoms with van der Waals surface area (Å²) in [4.78, 5) is 21.3. The van der Waals surface area contributed by atoms with Crippen LogP contribution in [0, 0.1) is 6.92 Å². The van der Waals surface area contributed by atoms with Gasteiger partial charge in [-0.2, -0.15) is 0 Å². The summed E-state index contributed by atoms with van der Waals surface area (Å²) in [5.74, 6) is 0.850. The highest BCUT2D eigenvalue weighted by Crippen LogP contribution is 2.18. The molecule has 3 aromatic rings. The van der Waals surface area contributed by atoms with Crippen molar-refractivity contribution in [2.24, 2.45) is 0 Å². The normalized spacial score (nSPS) is 14.4. The average Bonchev–Trinajstić information content (AvgIpc) is 3.10. The fourth-order valence-electron chi connectivity index (χ4n) is 3.18. The number of hydrogen-bond acceptors (Lipinski definition) is 5. The molecule has 4 rings (SSSR count). The van der Waals surface area contributed by atoms with Crippen molar-refractivity contribution in [1.29, 1.82) is 0 Å². The molecule has 0 bridgehead atoms. The van der Waals surface area contributed by atoms with E-state index in [4.69, 9.17) is 11.6 Å². The maximum atomic E-state index is 12.9. The quantitative estimate of drug-likeness (QED) is 0.696. The van der Waals surface area contributed by atoms with Crippen LogP contribution < -0.4 is 4.90 Å². The van der Waals surface area contributed by atoms with Crippen molar-refractivity contribution in [2.75, 3.05) is 31.1 Å². The first kappa shape index (κ1) is 17.5. The maximum absolute atomic E-state index is 12.9. The van der Waals surface area contributed by atoms with E-state index in [0.29, 0.717) is 23.8 Å². The molecule has 2 aromatic heterocycles. The molecule has 138 valence electrons. The Morgan fingerprint density at radius 2 is 1.78 bits per heavy atom. The van der Waals surface area contributed by atoms with E-state index in [1.807, 2.05) is 42.2 Å². The van der Waals surface area contributed by atoms with Crippen molar-refractivity contribution in [1.82, 2.24) is 24.9 Å². The highest BCUT2D eigenvalue weighted by atomic mass is 35.5. The average molecular weight is 383 g/mol. The maximum Gasteiger partial charge on any atom is 0.276 e. The minimum absolute atomic E-state index is 0.0895. The van der Waals surface area contributed by atoms with E-state index in [-0.39, 0.29) is 5.91 Å². The zero-order valence-electron chi connectivity index (χ0n) is 14.9. The van der Waals surface area contributed by atoms with Gasteiger partial charge in [-0.1, -0.05) is 22.9 Å². The fourth-order valence-corrected chi connectivity index (χ4v) is 3.31. The molecule has 1 aliphatic rings. The van der Waals surface area contributed by atoms with E-state index in [1.165, 1.54) is 0 Å². The van der Waals surface area contributed by atoms with Crippen LogP contribution in [0.3, 0.4) is 0 Å². The van der Waals surface area contributed by atoms with Crippen LogP contribution in [-0.4, -0.2) is 57.0 Å². The Hall–Kier alpha value is -2.93. The standard InChI is InChI=1S/C19H19ClN6O/c1-14-18(22-23-26(14)16-7-5-15(20)6-8-16)19(27)25-12-10-24(11-13-25)17-4-2-3-9-21-17/h2-9H,10-13H2,1H3. The molecule has 1 aromatic carbocycles. The van der Waals surface area contributed by atoms with Gasteiger partial charge in [0, 0.05) is 37.4 Å². The molecule has 0 N–H and O–H groups in total. The van der Waals surface area contributed by atoms with Crippen LogP contribution in [0.5, 0.6) is 0 Å². The molecule has 0 unspecified atom stereocenters. The van der Waals surface area contributed by atoms with Crippen LogP contribution in [0.15, 0.2) is 48.7 Å². The first-order valence-corrected chi connectivity index (χ1v) is 9.15. The van der Waals surface area contributed by atoms with Crippen LogP contribution in [0.25, 0.3) is 5.69 Å². The number of rotatable bonds is 3. The van der Waals surface area contributed by atoms with Crippen LogP contribution in [-0.2, 0) is 0 Å². The second-order valence-electron chi connectivity index (χ2n) is 6.38. The van der Waals surface area contributed by atoms with Gasteiger partial charge in [0.05, 0.1) is 11.4 Å². The summed E-state index contributed by atoms with van der Waals surface area (Å²) in [7, 11) is 0. The highest BCUT2D eigenvalue weighted by molar-refractivity contribution is 6.30. The SMILES string of the molecule is Cc1c(C(=O)N2CCN(c3ccccn3)CC2)nnn1-c1ccc(Cl)cc1. The lowest BCUT2D eigenvalue weighted by atomic mass is 10.2. The van der Waals surface area contributed by atoms with E-state index in [2.05, 4.69) is 20.2 Å². The number of benzene rings is 1. The topological polar surface area (TPSA) is 67.2 Å². The number of pyridine rings is 1. The second kappa shape index (κ2) is 7.36. The van der Waals surface area contributed by atoms with E-state index in [0.717, 1.165) is 30.3 Å². The minimum atomic E-state index is -0.0895. The van der Waals surface area contributed by atoms with Gasteiger partial charge in [0.1, 0.15) is 5.82 Å². The number of aromatic nitrogens is 4. The first-order chi connectivity index (χ1) is 13.1. The predicted octanol–water partition coefficient (Wildman–Crippen LogP) is 2.59. The van der Waals surface area contributed by atoms with Gasteiger partial charge in [0.25, 0.3) is 5.91 Å². The van der Waals surface area contributed by atoms with Crippen LogP contribution in [0.4, 0.5) is 5.82 Å². The van der Waals surface area contributed by atoms with E-state index >= 15 is 0 Å². The van der Waals surface area contributed by atoms with Crippen molar-refractivity contribution in [3.05, 3.63) is 65.1 Å². The molecule has 1 aliphatic heterocycles. The van der Waals surface area contributed by atoms with E-state index in [1.54, 1.807) is 23.0 Å². The Morgan fingerprint density at radius 1 is 1.04 bits per heavy atom.